The molecule has 0 radical (unpaired) electrons. The molecule has 0 atom stereocenters. The number of aryl methyl sites for hydroxylation is 1. The van der Waals surface area contributed by atoms with Gasteiger partial charge in [0.25, 0.3) is 0 Å². The highest BCUT2D eigenvalue weighted by molar-refractivity contribution is 6.74. The standard InChI is InChI=1S/C12H22O2Si/c1-10-7-11(8-13-10)9-14-15(5,6)12(2,3)4/h7-8H,9H2,1-6H3. The Hall–Kier alpha value is -0.543. The van der Waals surface area contributed by atoms with Gasteiger partial charge in [0.15, 0.2) is 8.32 Å². The van der Waals surface area contributed by atoms with Gasteiger partial charge in [0, 0.05) is 5.56 Å². The van der Waals surface area contributed by atoms with E-state index in [1.54, 1.807) is 6.26 Å². The molecular weight excluding hydrogens is 204 g/mol. The number of hydrogen-bond acceptors (Lipinski definition) is 2. The molecule has 0 unspecified atom stereocenters. The third-order valence-electron chi connectivity index (χ3n) is 3.19. The van der Waals surface area contributed by atoms with E-state index in [1.165, 1.54) is 0 Å². The topological polar surface area (TPSA) is 22.4 Å². The highest BCUT2D eigenvalue weighted by Crippen LogP contribution is 2.37. The van der Waals surface area contributed by atoms with Crippen molar-refractivity contribution in [2.24, 2.45) is 0 Å². The lowest BCUT2D eigenvalue weighted by Gasteiger charge is -2.36. The Morgan fingerprint density at radius 2 is 1.93 bits per heavy atom. The van der Waals surface area contributed by atoms with E-state index >= 15 is 0 Å². The number of furan rings is 1. The Balaban J connectivity index is 2.57. The van der Waals surface area contributed by atoms with Gasteiger partial charge in [0.2, 0.25) is 0 Å². The van der Waals surface area contributed by atoms with Gasteiger partial charge in [-0.2, -0.15) is 0 Å². The highest BCUT2D eigenvalue weighted by atomic mass is 28.4. The van der Waals surface area contributed by atoms with Crippen LogP contribution in [0.2, 0.25) is 18.1 Å². The van der Waals surface area contributed by atoms with Crippen LogP contribution in [0.5, 0.6) is 0 Å². The van der Waals surface area contributed by atoms with Gasteiger partial charge in [-0.05, 0) is 31.1 Å². The first-order valence-corrected chi connectivity index (χ1v) is 8.31. The van der Waals surface area contributed by atoms with Crippen molar-refractivity contribution in [3.05, 3.63) is 23.7 Å². The largest absolute Gasteiger partial charge is 0.469 e. The van der Waals surface area contributed by atoms with E-state index in [2.05, 4.69) is 33.9 Å². The maximum absolute atomic E-state index is 6.07. The molecule has 0 saturated heterocycles. The summed E-state index contributed by atoms with van der Waals surface area (Å²) < 4.78 is 11.3. The Bertz CT molecular complexity index is 321. The average molecular weight is 226 g/mol. The molecule has 86 valence electrons. The van der Waals surface area contributed by atoms with E-state index in [9.17, 15) is 0 Å². The maximum atomic E-state index is 6.07. The Kier molecular flexibility index (Phi) is 3.46. The van der Waals surface area contributed by atoms with Crippen molar-refractivity contribution >= 4 is 8.32 Å². The maximum Gasteiger partial charge on any atom is 0.192 e. The molecule has 0 N–H and O–H groups in total. The minimum absolute atomic E-state index is 0.270. The predicted octanol–water partition coefficient (Wildman–Crippen LogP) is 4.11. The Labute approximate surface area is 93.8 Å². The van der Waals surface area contributed by atoms with E-state index in [-0.39, 0.29) is 5.04 Å². The summed E-state index contributed by atoms with van der Waals surface area (Å²) >= 11 is 0. The zero-order valence-corrected chi connectivity index (χ0v) is 11.7. The molecule has 15 heavy (non-hydrogen) atoms. The molecular formula is C12H22O2Si. The van der Waals surface area contributed by atoms with Crippen LogP contribution in [0.3, 0.4) is 0 Å². The molecule has 2 nitrogen and oxygen atoms in total. The van der Waals surface area contributed by atoms with Crippen molar-refractivity contribution in [1.29, 1.82) is 0 Å². The van der Waals surface area contributed by atoms with Crippen LogP contribution in [0.15, 0.2) is 16.7 Å². The van der Waals surface area contributed by atoms with E-state index in [0.29, 0.717) is 6.61 Å². The van der Waals surface area contributed by atoms with E-state index in [1.807, 2.05) is 13.0 Å². The minimum Gasteiger partial charge on any atom is -0.469 e. The second kappa shape index (κ2) is 4.14. The van der Waals surface area contributed by atoms with E-state index < -0.39 is 8.32 Å². The van der Waals surface area contributed by atoms with Gasteiger partial charge < -0.3 is 8.84 Å². The highest BCUT2D eigenvalue weighted by Gasteiger charge is 2.37. The molecule has 1 aromatic heterocycles. The van der Waals surface area contributed by atoms with Gasteiger partial charge in [-0.25, -0.2) is 0 Å². The summed E-state index contributed by atoms with van der Waals surface area (Å²) in [7, 11) is -1.62. The van der Waals surface area contributed by atoms with Crippen LogP contribution in [0.1, 0.15) is 32.1 Å². The molecule has 0 saturated carbocycles. The number of rotatable bonds is 3. The molecule has 0 spiro atoms. The van der Waals surface area contributed by atoms with Crippen LogP contribution >= 0.6 is 0 Å². The molecule has 0 aromatic carbocycles. The molecule has 0 amide bonds. The van der Waals surface area contributed by atoms with Crippen LogP contribution in [-0.2, 0) is 11.0 Å². The molecule has 1 aromatic rings. The van der Waals surface area contributed by atoms with E-state index in [4.69, 9.17) is 8.84 Å². The predicted molar refractivity (Wildman–Crippen MR) is 65.4 cm³/mol. The lowest BCUT2D eigenvalue weighted by Crippen LogP contribution is -2.40. The third kappa shape index (κ3) is 3.21. The van der Waals surface area contributed by atoms with Crippen molar-refractivity contribution in [2.75, 3.05) is 0 Å². The van der Waals surface area contributed by atoms with Gasteiger partial charge in [-0.3, -0.25) is 0 Å². The first-order chi connectivity index (χ1) is 6.72. The summed E-state index contributed by atoms with van der Waals surface area (Å²) in [6, 6.07) is 2.03. The monoisotopic (exact) mass is 226 g/mol. The molecule has 0 aliphatic carbocycles. The fraction of sp³-hybridized carbons (Fsp3) is 0.667. The summed E-state index contributed by atoms with van der Waals surface area (Å²) in [5.74, 6) is 0.948. The fourth-order valence-electron chi connectivity index (χ4n) is 1.05. The van der Waals surface area contributed by atoms with Crippen LogP contribution < -0.4 is 0 Å². The molecule has 1 rings (SSSR count). The minimum atomic E-state index is -1.62. The van der Waals surface area contributed by atoms with Crippen LogP contribution in [0.4, 0.5) is 0 Å². The normalized spacial score (nSPS) is 13.2. The lowest BCUT2D eigenvalue weighted by atomic mass is 10.2. The van der Waals surface area contributed by atoms with Crippen molar-refractivity contribution in [1.82, 2.24) is 0 Å². The van der Waals surface area contributed by atoms with Gasteiger partial charge in [-0.15, -0.1) is 0 Å². The summed E-state index contributed by atoms with van der Waals surface area (Å²) in [6.07, 6.45) is 1.78. The SMILES string of the molecule is Cc1cc(CO[Si](C)(C)C(C)(C)C)co1. The quantitative estimate of drug-likeness (QED) is 0.724. The fourth-order valence-corrected chi connectivity index (χ4v) is 2.01. The number of hydrogen-bond donors (Lipinski definition) is 0. The Morgan fingerprint density at radius 1 is 1.33 bits per heavy atom. The molecule has 3 heteroatoms. The second-order valence-corrected chi connectivity index (χ2v) is 10.4. The zero-order valence-electron chi connectivity index (χ0n) is 10.7. The van der Waals surface area contributed by atoms with Gasteiger partial charge >= 0.3 is 0 Å². The van der Waals surface area contributed by atoms with Crippen molar-refractivity contribution < 1.29 is 8.84 Å². The van der Waals surface area contributed by atoms with Crippen molar-refractivity contribution in [2.45, 2.75) is 52.4 Å². The molecule has 0 aliphatic heterocycles. The van der Waals surface area contributed by atoms with Crippen molar-refractivity contribution in [3.8, 4) is 0 Å². The van der Waals surface area contributed by atoms with Gasteiger partial charge in [0.05, 0.1) is 12.9 Å². The molecule has 0 aliphatic rings. The second-order valence-electron chi connectivity index (χ2n) is 5.61. The molecule has 1 heterocycles. The molecule has 0 bridgehead atoms. The van der Waals surface area contributed by atoms with Crippen LogP contribution in [0, 0.1) is 6.92 Å². The third-order valence-corrected chi connectivity index (χ3v) is 7.67. The van der Waals surface area contributed by atoms with Crippen molar-refractivity contribution in [3.63, 3.8) is 0 Å². The summed E-state index contributed by atoms with van der Waals surface area (Å²) in [5, 5.41) is 0.270. The average Bonchev–Trinajstić information content (AvgIpc) is 2.46. The summed E-state index contributed by atoms with van der Waals surface area (Å²) in [4.78, 5) is 0. The van der Waals surface area contributed by atoms with E-state index in [0.717, 1.165) is 11.3 Å². The zero-order chi connectivity index (χ0) is 11.7. The Morgan fingerprint density at radius 3 is 2.33 bits per heavy atom. The first-order valence-electron chi connectivity index (χ1n) is 5.40. The summed E-state index contributed by atoms with van der Waals surface area (Å²) in [5.41, 5.74) is 1.14. The van der Waals surface area contributed by atoms with Crippen LogP contribution in [0.25, 0.3) is 0 Å². The van der Waals surface area contributed by atoms with Crippen LogP contribution in [-0.4, -0.2) is 8.32 Å². The lowest BCUT2D eigenvalue weighted by molar-refractivity contribution is 0.275. The first kappa shape index (κ1) is 12.5. The molecule has 0 fully saturated rings. The van der Waals surface area contributed by atoms with Gasteiger partial charge in [0.1, 0.15) is 5.76 Å². The smallest absolute Gasteiger partial charge is 0.192 e. The summed E-state index contributed by atoms with van der Waals surface area (Å²) in [6.45, 7) is 13.9. The van der Waals surface area contributed by atoms with Gasteiger partial charge in [-0.1, -0.05) is 20.8 Å².